The van der Waals surface area contributed by atoms with Gasteiger partial charge in [-0.2, -0.15) is 0 Å². The van der Waals surface area contributed by atoms with Gasteiger partial charge >= 0.3 is 5.97 Å². The van der Waals surface area contributed by atoms with Gasteiger partial charge in [0.15, 0.2) is 5.17 Å². The predicted octanol–water partition coefficient (Wildman–Crippen LogP) is 3.07. The van der Waals surface area contributed by atoms with Gasteiger partial charge in [-0.3, -0.25) is 9.69 Å². The Morgan fingerprint density at radius 2 is 2.08 bits per heavy atom. The molecule has 0 radical (unpaired) electrons. The predicted molar refractivity (Wildman–Crippen MR) is 101 cm³/mol. The minimum absolute atomic E-state index is 0.0698. The summed E-state index contributed by atoms with van der Waals surface area (Å²) >= 11 is 1.40. The number of benzene rings is 1. The Hall–Kier alpha value is -2.54. The van der Waals surface area contributed by atoms with E-state index in [2.05, 4.69) is 11.6 Å². The van der Waals surface area contributed by atoms with Crippen molar-refractivity contribution < 1.29 is 19.1 Å². The molecule has 1 saturated heterocycles. The van der Waals surface area contributed by atoms with Crippen molar-refractivity contribution in [2.45, 2.75) is 25.1 Å². The van der Waals surface area contributed by atoms with Crippen LogP contribution >= 0.6 is 11.8 Å². The van der Waals surface area contributed by atoms with Crippen molar-refractivity contribution >= 4 is 28.8 Å². The van der Waals surface area contributed by atoms with Gasteiger partial charge in [0.2, 0.25) is 5.91 Å². The van der Waals surface area contributed by atoms with Gasteiger partial charge in [-0.25, -0.2) is 9.79 Å². The molecule has 2 atom stereocenters. The van der Waals surface area contributed by atoms with E-state index in [9.17, 15) is 9.59 Å². The molecule has 1 aromatic rings. The van der Waals surface area contributed by atoms with Crippen molar-refractivity contribution in [2.75, 3.05) is 13.7 Å². The number of ether oxygens (including phenoxy) is 2. The lowest BCUT2D eigenvalue weighted by molar-refractivity contribution is -0.137. The fourth-order valence-electron chi connectivity index (χ4n) is 2.99. The maximum Gasteiger partial charge on any atom is 0.338 e. The second kappa shape index (κ2) is 7.37. The Balaban J connectivity index is 2.05. The van der Waals surface area contributed by atoms with E-state index in [1.165, 1.54) is 18.9 Å². The highest BCUT2D eigenvalue weighted by atomic mass is 32.2. The third kappa shape index (κ3) is 3.14. The van der Waals surface area contributed by atoms with Crippen molar-refractivity contribution in [2.24, 2.45) is 4.99 Å². The molecule has 0 aromatic heterocycles. The molecule has 1 amide bonds. The molecule has 2 aliphatic heterocycles. The molecule has 6 nitrogen and oxygen atoms in total. The summed E-state index contributed by atoms with van der Waals surface area (Å²) in [7, 11) is 1.33. The maximum atomic E-state index is 12.7. The third-order valence-corrected chi connectivity index (χ3v) is 5.28. The van der Waals surface area contributed by atoms with Crippen LogP contribution in [0, 0.1) is 0 Å². The number of hydrogen-bond acceptors (Lipinski definition) is 6. The summed E-state index contributed by atoms with van der Waals surface area (Å²) < 4.78 is 10.5. The Kier molecular flexibility index (Phi) is 5.18. The Morgan fingerprint density at radius 3 is 2.69 bits per heavy atom. The number of carbonyl (C=O) groups excluding carboxylic acids is 2. The number of aliphatic imine (C=N–C) groups is 1. The number of esters is 1. The van der Waals surface area contributed by atoms with Crippen LogP contribution < -0.4 is 4.74 Å². The number of amides is 1. The van der Waals surface area contributed by atoms with Crippen LogP contribution in [0.15, 0.2) is 53.2 Å². The van der Waals surface area contributed by atoms with Crippen LogP contribution in [0.2, 0.25) is 0 Å². The van der Waals surface area contributed by atoms with Crippen molar-refractivity contribution in [1.29, 1.82) is 0 Å². The molecular weight excluding hydrogens is 352 g/mol. The van der Waals surface area contributed by atoms with Crippen molar-refractivity contribution in [3.05, 3.63) is 53.8 Å². The minimum atomic E-state index is -0.562. The number of thioether (sulfide) groups is 1. The van der Waals surface area contributed by atoms with E-state index in [1.54, 1.807) is 17.9 Å². The zero-order chi connectivity index (χ0) is 18.8. The second-order valence-corrected chi connectivity index (χ2v) is 7.23. The molecule has 26 heavy (non-hydrogen) atoms. The molecule has 1 aromatic carbocycles. The molecule has 0 bridgehead atoms. The molecule has 3 rings (SSSR count). The molecule has 0 saturated carbocycles. The van der Waals surface area contributed by atoms with Gasteiger partial charge < -0.3 is 9.47 Å². The highest BCUT2D eigenvalue weighted by Crippen LogP contribution is 2.43. The smallest absolute Gasteiger partial charge is 0.338 e. The maximum absolute atomic E-state index is 12.7. The van der Waals surface area contributed by atoms with E-state index in [0.29, 0.717) is 28.8 Å². The summed E-state index contributed by atoms with van der Waals surface area (Å²) in [5, 5.41) is 0.376. The standard InChI is InChI=1S/C19H20N2O4S/c1-5-10-25-14-8-6-13(7-9-14)16-15(18(23)24-4)11(2)20-19-21(16)17(22)12(3)26-19/h5-9,12,16H,1,10H2,2-4H3. The number of rotatable bonds is 5. The van der Waals surface area contributed by atoms with E-state index < -0.39 is 12.0 Å². The van der Waals surface area contributed by atoms with E-state index in [4.69, 9.17) is 9.47 Å². The largest absolute Gasteiger partial charge is 0.490 e. The minimum Gasteiger partial charge on any atom is -0.490 e. The van der Waals surface area contributed by atoms with Crippen LogP contribution in [-0.4, -0.2) is 40.9 Å². The third-order valence-electron chi connectivity index (χ3n) is 4.23. The molecule has 2 heterocycles. The van der Waals surface area contributed by atoms with E-state index in [-0.39, 0.29) is 11.2 Å². The number of amidine groups is 1. The molecule has 2 unspecified atom stereocenters. The summed E-state index contributed by atoms with van der Waals surface area (Å²) in [5.74, 6) is 0.133. The van der Waals surface area contributed by atoms with Crippen molar-refractivity contribution in [1.82, 2.24) is 4.90 Å². The number of fused-ring (bicyclic) bond motifs is 1. The number of allylic oxidation sites excluding steroid dienone is 1. The number of methoxy groups -OCH3 is 1. The normalized spacial score (nSPS) is 22.0. The quantitative estimate of drug-likeness (QED) is 0.587. The van der Waals surface area contributed by atoms with Crippen molar-refractivity contribution in [3.63, 3.8) is 0 Å². The van der Waals surface area contributed by atoms with Crippen LogP contribution in [-0.2, 0) is 14.3 Å². The highest BCUT2D eigenvalue weighted by molar-refractivity contribution is 8.15. The van der Waals surface area contributed by atoms with Gasteiger partial charge in [-0.05, 0) is 31.5 Å². The van der Waals surface area contributed by atoms with Crippen LogP contribution in [0.25, 0.3) is 0 Å². The SMILES string of the molecule is C=CCOc1ccc(C2C(C(=O)OC)=C(C)N=C3SC(C)C(=O)N32)cc1. The lowest BCUT2D eigenvalue weighted by Crippen LogP contribution is -2.40. The topological polar surface area (TPSA) is 68.2 Å². The van der Waals surface area contributed by atoms with E-state index >= 15 is 0 Å². The van der Waals surface area contributed by atoms with Crippen LogP contribution in [0.5, 0.6) is 5.75 Å². The molecule has 0 spiro atoms. The average molecular weight is 372 g/mol. The average Bonchev–Trinajstić information content (AvgIpc) is 2.92. The summed E-state index contributed by atoms with van der Waals surface area (Å²) in [6.45, 7) is 7.63. The van der Waals surface area contributed by atoms with Gasteiger partial charge in [0.25, 0.3) is 0 Å². The van der Waals surface area contributed by atoms with Gasteiger partial charge in [0, 0.05) is 0 Å². The summed E-state index contributed by atoms with van der Waals surface area (Å²) in [5.41, 5.74) is 1.74. The zero-order valence-electron chi connectivity index (χ0n) is 14.9. The molecular formula is C19H20N2O4S. The number of carbonyl (C=O) groups is 2. The summed E-state index contributed by atoms with van der Waals surface area (Å²) in [6.07, 6.45) is 1.67. The fourth-order valence-corrected chi connectivity index (χ4v) is 4.02. The van der Waals surface area contributed by atoms with Crippen LogP contribution in [0.3, 0.4) is 0 Å². The van der Waals surface area contributed by atoms with Gasteiger partial charge in [0.05, 0.1) is 29.7 Å². The molecule has 7 heteroatoms. The number of hydrogen-bond donors (Lipinski definition) is 0. The first-order chi connectivity index (χ1) is 12.5. The molecule has 2 aliphatic rings. The molecule has 0 aliphatic carbocycles. The molecule has 136 valence electrons. The zero-order valence-corrected chi connectivity index (χ0v) is 15.7. The lowest BCUT2D eigenvalue weighted by Gasteiger charge is -2.32. The van der Waals surface area contributed by atoms with Gasteiger partial charge in [-0.15, -0.1) is 0 Å². The first-order valence-corrected chi connectivity index (χ1v) is 9.07. The number of nitrogens with zero attached hydrogens (tertiary/aromatic N) is 2. The van der Waals surface area contributed by atoms with E-state index in [1.807, 2.05) is 31.2 Å². The van der Waals surface area contributed by atoms with Crippen LogP contribution in [0.4, 0.5) is 0 Å². The molecule has 1 fully saturated rings. The van der Waals surface area contributed by atoms with E-state index in [0.717, 1.165) is 5.56 Å². The second-order valence-electron chi connectivity index (χ2n) is 5.92. The summed E-state index contributed by atoms with van der Waals surface area (Å²) in [4.78, 5) is 31.2. The Labute approximate surface area is 156 Å². The Morgan fingerprint density at radius 1 is 1.38 bits per heavy atom. The van der Waals surface area contributed by atoms with Crippen LogP contribution in [0.1, 0.15) is 25.5 Å². The van der Waals surface area contributed by atoms with Crippen molar-refractivity contribution in [3.8, 4) is 5.75 Å². The Bertz CT molecular complexity index is 813. The first-order valence-electron chi connectivity index (χ1n) is 8.19. The highest BCUT2D eigenvalue weighted by Gasteiger charge is 2.46. The first kappa shape index (κ1) is 18.3. The van der Waals surface area contributed by atoms with Gasteiger partial charge in [0.1, 0.15) is 12.4 Å². The lowest BCUT2D eigenvalue weighted by atomic mass is 9.94. The molecule has 0 N–H and O–H groups in total. The van der Waals surface area contributed by atoms with Gasteiger partial charge in [-0.1, -0.05) is 36.5 Å². The monoisotopic (exact) mass is 372 g/mol. The summed E-state index contributed by atoms with van der Waals surface area (Å²) in [6, 6.07) is 6.76. The fraction of sp³-hybridized carbons (Fsp3) is 0.316.